The molecule has 0 saturated carbocycles. The Hall–Kier alpha value is -7.95. The lowest BCUT2D eigenvalue weighted by atomic mass is 10.0. The molecule has 1 fully saturated rings. The molecule has 77 heavy (non-hydrogen) atoms. The number of ether oxygens (including phenoxy) is 1. The number of likely N-dealkylation sites (tertiary alicyclic amines) is 1. The van der Waals surface area contributed by atoms with Gasteiger partial charge in [-0.1, -0.05) is 42.5 Å². The summed E-state index contributed by atoms with van der Waals surface area (Å²) in [5.74, 6) is -10.5. The number of hydrogen-bond donors (Lipinski definition) is 15. The van der Waals surface area contributed by atoms with Crippen molar-refractivity contribution in [1.29, 1.82) is 5.41 Å². The molecule has 1 saturated heterocycles. The standard InChI is InChI=1S/C48H68N14O13S2/c1-26(63)75-29-13-11-28(12-14-29)22-32(56-40(67)17-20-76)43(70)59-33(21-27-7-3-2-4-8-27)44(71)57-31(15-16-37(49)64)42(69)60-34(23-38(50)65)45(72)61-35(25-77)47(74)62-19-6-10-36(62)46(73)58-30(9-5-18-54-48(52)53)41(68)55-24-39(51)66/h2-4,7-8,11-14,30-36,76-77H,5-6,9-10,15-25H2,1H3,(H2,49,64)(H2,50,65)(H2,51,66)(H,55,68)(H,56,67)(H,57,71)(H,58,73)(H,59,70)(H,60,69)(H,61,72)(H4,52,53,54)/t30-,31+,32+,33+,34+,35+,36+/m1/s1. The van der Waals surface area contributed by atoms with E-state index in [-0.39, 0.29) is 74.8 Å². The highest BCUT2D eigenvalue weighted by atomic mass is 32.1. The maximum absolute atomic E-state index is 14.3. The van der Waals surface area contributed by atoms with E-state index < -0.39 is 139 Å². The van der Waals surface area contributed by atoms with E-state index in [2.05, 4.69) is 67.8 Å². The molecule has 17 N–H and O–H groups in total. The van der Waals surface area contributed by atoms with Gasteiger partial charge in [0.05, 0.1) is 13.0 Å². The van der Waals surface area contributed by atoms with E-state index in [0.717, 1.165) is 4.90 Å². The summed E-state index contributed by atoms with van der Waals surface area (Å²) in [6, 6.07) is 4.54. The Kier molecular flexibility index (Phi) is 26.7. The number of rotatable bonds is 32. The summed E-state index contributed by atoms with van der Waals surface area (Å²) in [4.78, 5) is 158. The SMILES string of the molecule is CC(=O)Oc1ccc(C[C@H](NC(=O)CCS)C(=O)N[C@@H](Cc2ccccc2)C(=O)N[C@@H](CCC(N)=O)C(=O)N[C@@H](CC(N)=O)C(=O)N[C@@H](CS)C(=O)N2CCC[C@H]2C(=O)N[C@H](CCCNC(=N)N)C(=O)NCC(N)=O)cc1. The summed E-state index contributed by atoms with van der Waals surface area (Å²) < 4.78 is 5.09. The zero-order valence-electron chi connectivity index (χ0n) is 42.3. The highest BCUT2D eigenvalue weighted by Gasteiger charge is 2.40. The number of carbonyl (C=O) groups excluding carboxylic acids is 12. The van der Waals surface area contributed by atoms with Gasteiger partial charge >= 0.3 is 5.97 Å². The predicted molar refractivity (Wildman–Crippen MR) is 284 cm³/mol. The molecule has 0 bridgehead atoms. The van der Waals surface area contributed by atoms with E-state index in [4.69, 9.17) is 33.1 Å². The second-order valence-electron chi connectivity index (χ2n) is 17.7. The monoisotopic (exact) mass is 1110 g/mol. The van der Waals surface area contributed by atoms with E-state index in [1.54, 1.807) is 42.5 Å². The van der Waals surface area contributed by atoms with Crippen molar-refractivity contribution in [2.24, 2.45) is 22.9 Å². The normalized spacial score (nSPS) is 15.1. The van der Waals surface area contributed by atoms with Gasteiger partial charge in [0.15, 0.2) is 5.96 Å². The smallest absolute Gasteiger partial charge is 0.308 e. The average molecular weight is 1110 g/mol. The van der Waals surface area contributed by atoms with Crippen LogP contribution in [0.4, 0.5) is 0 Å². The number of benzene rings is 2. The van der Waals surface area contributed by atoms with Crippen LogP contribution in [-0.4, -0.2) is 155 Å². The van der Waals surface area contributed by atoms with Crippen LogP contribution in [-0.2, 0) is 70.4 Å². The minimum Gasteiger partial charge on any atom is -0.427 e. The largest absolute Gasteiger partial charge is 0.427 e. The molecule has 1 aliphatic heterocycles. The van der Waals surface area contributed by atoms with Crippen LogP contribution in [0.15, 0.2) is 54.6 Å². The fourth-order valence-corrected chi connectivity index (χ4v) is 8.29. The van der Waals surface area contributed by atoms with Gasteiger partial charge in [-0.25, -0.2) is 0 Å². The first-order valence-electron chi connectivity index (χ1n) is 24.4. The molecule has 0 spiro atoms. The highest BCUT2D eigenvalue weighted by Crippen LogP contribution is 2.20. The molecule has 7 atom stereocenters. The van der Waals surface area contributed by atoms with Gasteiger partial charge in [-0.2, -0.15) is 25.3 Å². The summed E-state index contributed by atoms with van der Waals surface area (Å²) in [5, 5.41) is 27.4. The number of nitrogens with one attached hydrogen (secondary N) is 9. The van der Waals surface area contributed by atoms with Gasteiger partial charge in [-0.15, -0.1) is 0 Å². The van der Waals surface area contributed by atoms with Gasteiger partial charge in [0.25, 0.3) is 0 Å². The topological polar surface area (TPSA) is 441 Å². The Bertz CT molecular complexity index is 2450. The van der Waals surface area contributed by atoms with Crippen LogP contribution in [0.2, 0.25) is 0 Å². The Morgan fingerprint density at radius 2 is 1.19 bits per heavy atom. The predicted octanol–water partition coefficient (Wildman–Crippen LogP) is -4.45. The summed E-state index contributed by atoms with van der Waals surface area (Å²) in [6.07, 6.45) is -1.34. The van der Waals surface area contributed by atoms with Crippen LogP contribution in [0.1, 0.15) is 69.4 Å². The first-order chi connectivity index (χ1) is 36.5. The fourth-order valence-electron chi connectivity index (χ4n) is 7.84. The average Bonchev–Trinajstić information content (AvgIpc) is 3.87. The van der Waals surface area contributed by atoms with Crippen molar-refractivity contribution in [2.45, 2.75) is 113 Å². The number of esters is 1. The molecule has 29 heteroatoms. The molecular weight excluding hydrogens is 1040 g/mol. The van der Waals surface area contributed by atoms with Crippen LogP contribution in [0.5, 0.6) is 5.75 Å². The number of guanidine groups is 1. The number of nitrogens with two attached hydrogens (primary N) is 4. The summed E-state index contributed by atoms with van der Waals surface area (Å²) in [6.45, 7) is 0.903. The van der Waals surface area contributed by atoms with Gasteiger partial charge in [-0.3, -0.25) is 62.9 Å². The van der Waals surface area contributed by atoms with Crippen molar-refractivity contribution < 1.29 is 62.3 Å². The first-order valence-corrected chi connectivity index (χ1v) is 25.6. The summed E-state index contributed by atoms with van der Waals surface area (Å²) >= 11 is 8.35. The number of carbonyl (C=O) groups is 12. The molecule has 0 aliphatic carbocycles. The summed E-state index contributed by atoms with van der Waals surface area (Å²) in [5.41, 5.74) is 22.5. The van der Waals surface area contributed by atoms with Crippen LogP contribution >= 0.6 is 25.3 Å². The van der Waals surface area contributed by atoms with Crippen LogP contribution < -0.4 is 70.2 Å². The number of amides is 11. The third-order valence-electron chi connectivity index (χ3n) is 11.6. The molecule has 0 unspecified atom stereocenters. The van der Waals surface area contributed by atoms with Crippen molar-refractivity contribution in [3.8, 4) is 5.75 Å². The van der Waals surface area contributed by atoms with E-state index in [0.29, 0.717) is 17.5 Å². The van der Waals surface area contributed by atoms with E-state index in [1.807, 2.05) is 0 Å². The van der Waals surface area contributed by atoms with Gasteiger partial charge in [-0.05, 0) is 61.1 Å². The van der Waals surface area contributed by atoms with E-state index in [9.17, 15) is 57.5 Å². The molecular formula is C48H68N14O13S2. The van der Waals surface area contributed by atoms with E-state index in [1.165, 1.54) is 19.1 Å². The van der Waals surface area contributed by atoms with Crippen LogP contribution in [0.3, 0.4) is 0 Å². The molecule has 2 aromatic carbocycles. The van der Waals surface area contributed by atoms with Gasteiger partial charge in [0, 0.05) is 51.4 Å². The molecule has 2 aromatic rings. The van der Waals surface area contributed by atoms with Crippen molar-refractivity contribution in [3.05, 3.63) is 65.7 Å². The second kappa shape index (κ2) is 32.5. The molecule has 420 valence electrons. The zero-order valence-corrected chi connectivity index (χ0v) is 44.1. The number of primary amides is 3. The van der Waals surface area contributed by atoms with Gasteiger partial charge in [0.1, 0.15) is 48.0 Å². The second-order valence-corrected chi connectivity index (χ2v) is 18.6. The van der Waals surface area contributed by atoms with Crippen LogP contribution in [0, 0.1) is 5.41 Å². The Balaban J connectivity index is 1.86. The lowest BCUT2D eigenvalue weighted by Gasteiger charge is -2.30. The van der Waals surface area contributed by atoms with Crippen molar-refractivity contribution in [2.75, 3.05) is 31.1 Å². The van der Waals surface area contributed by atoms with Crippen molar-refractivity contribution >= 4 is 102 Å². The van der Waals surface area contributed by atoms with Crippen molar-refractivity contribution in [3.63, 3.8) is 0 Å². The molecule has 1 aliphatic rings. The lowest BCUT2D eigenvalue weighted by Crippen LogP contribution is -2.61. The number of hydrogen-bond acceptors (Lipinski definition) is 16. The Morgan fingerprint density at radius 1 is 0.636 bits per heavy atom. The van der Waals surface area contributed by atoms with Crippen molar-refractivity contribution in [1.82, 2.24) is 47.4 Å². The molecule has 11 amide bonds. The highest BCUT2D eigenvalue weighted by molar-refractivity contribution is 7.80. The number of nitrogens with zero attached hydrogens (tertiary/aromatic N) is 1. The minimum atomic E-state index is -1.80. The quantitative estimate of drug-likeness (QED) is 0.00821. The zero-order chi connectivity index (χ0) is 57.2. The molecule has 3 rings (SSSR count). The van der Waals surface area contributed by atoms with Crippen LogP contribution in [0.25, 0.3) is 0 Å². The third-order valence-corrected chi connectivity index (χ3v) is 12.2. The molecule has 1 heterocycles. The van der Waals surface area contributed by atoms with Gasteiger partial charge in [0.2, 0.25) is 65.0 Å². The van der Waals surface area contributed by atoms with Gasteiger partial charge < -0.3 is 75.1 Å². The minimum absolute atomic E-state index is 0.0226. The number of thiol groups is 2. The maximum atomic E-state index is 14.3. The summed E-state index contributed by atoms with van der Waals surface area (Å²) in [7, 11) is 0. The van der Waals surface area contributed by atoms with E-state index >= 15 is 0 Å². The molecule has 27 nitrogen and oxygen atoms in total. The lowest BCUT2D eigenvalue weighted by molar-refractivity contribution is -0.142. The maximum Gasteiger partial charge on any atom is 0.308 e. The molecule has 0 aromatic heterocycles. The first kappa shape index (κ1) is 63.3. The fraction of sp³-hybridized carbons (Fsp3) is 0.479. The Labute approximate surface area is 454 Å². The Morgan fingerprint density at radius 3 is 1.77 bits per heavy atom. The molecule has 0 radical (unpaired) electrons. The third kappa shape index (κ3) is 22.8.